The monoisotopic (exact) mass is 288 g/mol. The van der Waals surface area contributed by atoms with Gasteiger partial charge in [0.15, 0.2) is 6.29 Å². The largest absolute Gasteiger partial charge is 0.298 e. The molecule has 0 saturated heterocycles. The molecule has 1 aromatic carbocycles. The van der Waals surface area contributed by atoms with E-state index in [0.29, 0.717) is 5.88 Å². The molecule has 1 aromatic heterocycles. The van der Waals surface area contributed by atoms with Crippen LogP contribution in [0.2, 0.25) is 0 Å². The highest BCUT2D eigenvalue weighted by molar-refractivity contribution is 9.10. The fraction of sp³-hybridized carbons (Fsp3) is 0.100. The van der Waals surface area contributed by atoms with Crippen LogP contribution in [0.1, 0.15) is 15.2 Å². The van der Waals surface area contributed by atoms with Crippen molar-refractivity contribution in [3.63, 3.8) is 0 Å². The minimum Gasteiger partial charge on any atom is -0.298 e. The second-order valence-electron chi connectivity index (χ2n) is 2.81. The van der Waals surface area contributed by atoms with Crippen molar-refractivity contribution < 1.29 is 4.79 Å². The first-order chi connectivity index (χ1) is 6.77. The molecule has 0 bridgehead atoms. The standard InChI is InChI=1S/C10H6BrClOS/c11-8-3-1-2-6-7(5-13)9(4-12)14-10(6)8/h1-3,5H,4H2. The van der Waals surface area contributed by atoms with E-state index in [0.717, 1.165) is 31.3 Å². The zero-order chi connectivity index (χ0) is 10.1. The summed E-state index contributed by atoms with van der Waals surface area (Å²) in [6.07, 6.45) is 0.878. The SMILES string of the molecule is O=Cc1c(CCl)sc2c(Br)cccc12. The number of carbonyl (C=O) groups is 1. The van der Waals surface area contributed by atoms with Gasteiger partial charge in [-0.15, -0.1) is 22.9 Å². The van der Waals surface area contributed by atoms with Crippen molar-refractivity contribution in [3.8, 4) is 0 Å². The van der Waals surface area contributed by atoms with Crippen molar-refractivity contribution in [3.05, 3.63) is 33.1 Å². The number of rotatable bonds is 2. The van der Waals surface area contributed by atoms with Gasteiger partial charge in [-0.05, 0) is 22.0 Å². The molecule has 1 nitrogen and oxygen atoms in total. The van der Waals surface area contributed by atoms with Crippen molar-refractivity contribution in [1.29, 1.82) is 0 Å². The Balaban J connectivity index is 2.86. The van der Waals surface area contributed by atoms with Gasteiger partial charge in [0.2, 0.25) is 0 Å². The zero-order valence-corrected chi connectivity index (χ0v) is 10.2. The maximum absolute atomic E-state index is 10.9. The topological polar surface area (TPSA) is 17.1 Å². The van der Waals surface area contributed by atoms with Gasteiger partial charge >= 0.3 is 0 Å². The number of alkyl halides is 1. The van der Waals surface area contributed by atoms with E-state index in [1.807, 2.05) is 18.2 Å². The average Bonchev–Trinajstić information content (AvgIpc) is 2.57. The number of fused-ring (bicyclic) bond motifs is 1. The highest BCUT2D eigenvalue weighted by Gasteiger charge is 2.11. The number of aldehydes is 1. The number of carbonyl (C=O) groups excluding carboxylic acids is 1. The molecule has 0 atom stereocenters. The van der Waals surface area contributed by atoms with Crippen LogP contribution in [0.4, 0.5) is 0 Å². The fourth-order valence-electron chi connectivity index (χ4n) is 1.38. The molecular formula is C10H6BrClOS. The Morgan fingerprint density at radius 1 is 1.50 bits per heavy atom. The van der Waals surface area contributed by atoms with Gasteiger partial charge < -0.3 is 0 Å². The Hall–Kier alpha value is -0.380. The summed E-state index contributed by atoms with van der Waals surface area (Å²) in [7, 11) is 0. The maximum atomic E-state index is 10.9. The summed E-state index contributed by atoms with van der Waals surface area (Å²) in [5.74, 6) is 0.389. The fourth-order valence-corrected chi connectivity index (χ4v) is 3.32. The van der Waals surface area contributed by atoms with Crippen LogP contribution in [0.3, 0.4) is 0 Å². The summed E-state index contributed by atoms with van der Waals surface area (Å²) >= 11 is 10.8. The van der Waals surface area contributed by atoms with Gasteiger partial charge in [-0.2, -0.15) is 0 Å². The molecule has 72 valence electrons. The molecule has 0 aliphatic carbocycles. The van der Waals surface area contributed by atoms with Crippen molar-refractivity contribution in [2.75, 3.05) is 0 Å². The minimum atomic E-state index is 0.389. The van der Waals surface area contributed by atoms with E-state index >= 15 is 0 Å². The summed E-state index contributed by atoms with van der Waals surface area (Å²) in [6.45, 7) is 0. The van der Waals surface area contributed by atoms with Gasteiger partial charge in [0, 0.05) is 25.0 Å². The molecule has 0 aliphatic heterocycles. The molecule has 4 heteroatoms. The van der Waals surface area contributed by atoms with Crippen LogP contribution < -0.4 is 0 Å². The van der Waals surface area contributed by atoms with Crippen molar-refractivity contribution >= 4 is 55.2 Å². The number of hydrogen-bond acceptors (Lipinski definition) is 2. The van der Waals surface area contributed by atoms with Gasteiger partial charge in [0.25, 0.3) is 0 Å². The third-order valence-corrected chi connectivity index (χ3v) is 4.63. The van der Waals surface area contributed by atoms with Gasteiger partial charge in [0.1, 0.15) is 0 Å². The number of halogens is 2. The summed E-state index contributed by atoms with van der Waals surface area (Å²) in [5.41, 5.74) is 0.723. The van der Waals surface area contributed by atoms with E-state index in [2.05, 4.69) is 15.9 Å². The molecular weight excluding hydrogens is 284 g/mol. The third-order valence-electron chi connectivity index (χ3n) is 2.02. The number of hydrogen-bond donors (Lipinski definition) is 0. The molecule has 0 amide bonds. The molecule has 0 saturated carbocycles. The average molecular weight is 290 g/mol. The summed E-state index contributed by atoms with van der Waals surface area (Å²) in [5, 5.41) is 0.982. The van der Waals surface area contributed by atoms with E-state index in [1.54, 1.807) is 11.3 Å². The second kappa shape index (κ2) is 4.01. The van der Waals surface area contributed by atoms with Gasteiger partial charge in [-0.1, -0.05) is 12.1 Å². The number of thiophene rings is 1. The summed E-state index contributed by atoms with van der Waals surface area (Å²) in [4.78, 5) is 11.8. The van der Waals surface area contributed by atoms with E-state index in [9.17, 15) is 4.79 Å². The zero-order valence-electron chi connectivity index (χ0n) is 7.09. The quantitative estimate of drug-likeness (QED) is 0.598. The Bertz CT molecular complexity index is 492. The van der Waals surface area contributed by atoms with Crippen LogP contribution in [0, 0.1) is 0 Å². The third kappa shape index (κ3) is 1.49. The summed E-state index contributed by atoms with van der Waals surface area (Å²) < 4.78 is 2.10. The molecule has 0 unspecified atom stereocenters. The maximum Gasteiger partial charge on any atom is 0.151 e. The van der Waals surface area contributed by atoms with Crippen LogP contribution in [0.25, 0.3) is 10.1 Å². The molecule has 0 aliphatic rings. The lowest BCUT2D eigenvalue weighted by Crippen LogP contribution is -1.81. The minimum absolute atomic E-state index is 0.389. The molecule has 14 heavy (non-hydrogen) atoms. The van der Waals surface area contributed by atoms with Crippen LogP contribution in [0.5, 0.6) is 0 Å². The molecule has 0 fully saturated rings. The van der Waals surface area contributed by atoms with E-state index in [1.165, 1.54) is 0 Å². The number of benzene rings is 1. The first kappa shape index (κ1) is 10.1. The Labute approximate surface area is 98.8 Å². The second-order valence-corrected chi connectivity index (χ2v) is 5.03. The normalized spacial score (nSPS) is 10.7. The Morgan fingerprint density at radius 2 is 2.29 bits per heavy atom. The highest BCUT2D eigenvalue weighted by atomic mass is 79.9. The molecule has 0 N–H and O–H groups in total. The van der Waals surface area contributed by atoms with Crippen molar-refractivity contribution in [2.45, 2.75) is 5.88 Å². The molecule has 0 radical (unpaired) electrons. The van der Waals surface area contributed by atoms with E-state index < -0.39 is 0 Å². The van der Waals surface area contributed by atoms with Gasteiger partial charge in [-0.3, -0.25) is 4.79 Å². The van der Waals surface area contributed by atoms with Gasteiger partial charge in [-0.25, -0.2) is 0 Å². The Kier molecular flexibility index (Phi) is 2.91. The lowest BCUT2D eigenvalue weighted by Gasteiger charge is -1.92. The van der Waals surface area contributed by atoms with Crippen molar-refractivity contribution in [2.24, 2.45) is 0 Å². The smallest absolute Gasteiger partial charge is 0.151 e. The predicted octanol–water partition coefficient (Wildman–Crippen LogP) is 4.22. The lowest BCUT2D eigenvalue weighted by molar-refractivity contribution is 0.112. The Morgan fingerprint density at radius 3 is 2.93 bits per heavy atom. The van der Waals surface area contributed by atoms with E-state index in [4.69, 9.17) is 11.6 Å². The van der Waals surface area contributed by atoms with Crippen LogP contribution in [0.15, 0.2) is 22.7 Å². The molecule has 2 aromatic rings. The van der Waals surface area contributed by atoms with Crippen LogP contribution in [-0.4, -0.2) is 6.29 Å². The predicted molar refractivity (Wildman–Crippen MR) is 64.5 cm³/mol. The molecule has 1 heterocycles. The van der Waals surface area contributed by atoms with Crippen molar-refractivity contribution in [1.82, 2.24) is 0 Å². The van der Waals surface area contributed by atoms with Crippen LogP contribution in [-0.2, 0) is 5.88 Å². The van der Waals surface area contributed by atoms with Crippen LogP contribution >= 0.6 is 38.9 Å². The van der Waals surface area contributed by atoms with Gasteiger partial charge in [0.05, 0.1) is 5.88 Å². The lowest BCUT2D eigenvalue weighted by atomic mass is 10.1. The summed E-state index contributed by atoms with van der Waals surface area (Å²) in [6, 6.07) is 5.83. The molecule has 2 rings (SSSR count). The first-order valence-corrected chi connectivity index (χ1v) is 6.13. The first-order valence-electron chi connectivity index (χ1n) is 3.99. The molecule has 0 spiro atoms. The highest BCUT2D eigenvalue weighted by Crippen LogP contribution is 2.35. The van der Waals surface area contributed by atoms with E-state index in [-0.39, 0.29) is 0 Å².